The standard InChI is InChI=1S/C14H20F2N2/c1-10(12-4-3-5-13(15)14(12)16)17-8-9-18(2)11-6-7-11/h3-5,10-11,17H,6-9H2,1-2H3. The summed E-state index contributed by atoms with van der Waals surface area (Å²) in [6.07, 6.45) is 2.56. The fourth-order valence-electron chi connectivity index (χ4n) is 2.12. The van der Waals surface area contributed by atoms with Crippen LogP contribution in [-0.4, -0.2) is 31.1 Å². The minimum atomic E-state index is -0.781. The monoisotopic (exact) mass is 254 g/mol. The normalized spacial score (nSPS) is 17.2. The van der Waals surface area contributed by atoms with Gasteiger partial charge in [0.15, 0.2) is 11.6 Å². The summed E-state index contributed by atoms with van der Waals surface area (Å²) in [6.45, 7) is 3.57. The van der Waals surface area contributed by atoms with E-state index in [1.54, 1.807) is 12.1 Å². The first-order valence-electron chi connectivity index (χ1n) is 6.47. The zero-order valence-electron chi connectivity index (χ0n) is 10.9. The molecule has 0 spiro atoms. The molecule has 0 bridgehead atoms. The second-order valence-electron chi connectivity index (χ2n) is 5.03. The van der Waals surface area contributed by atoms with Crippen LogP contribution in [0.3, 0.4) is 0 Å². The molecule has 0 saturated heterocycles. The van der Waals surface area contributed by atoms with Crippen molar-refractivity contribution in [3.05, 3.63) is 35.4 Å². The van der Waals surface area contributed by atoms with Crippen LogP contribution >= 0.6 is 0 Å². The lowest BCUT2D eigenvalue weighted by atomic mass is 10.1. The molecule has 0 aliphatic heterocycles. The average Bonchev–Trinajstić information content (AvgIpc) is 3.16. The Balaban J connectivity index is 1.83. The molecule has 2 nitrogen and oxygen atoms in total. The molecule has 100 valence electrons. The van der Waals surface area contributed by atoms with Crippen LogP contribution in [0.15, 0.2) is 18.2 Å². The maximum absolute atomic E-state index is 13.6. The highest BCUT2D eigenvalue weighted by Crippen LogP contribution is 2.24. The quantitative estimate of drug-likeness (QED) is 0.839. The molecule has 1 fully saturated rings. The summed E-state index contributed by atoms with van der Waals surface area (Å²) in [4.78, 5) is 2.31. The number of hydrogen-bond acceptors (Lipinski definition) is 2. The average molecular weight is 254 g/mol. The highest BCUT2D eigenvalue weighted by molar-refractivity contribution is 5.21. The predicted octanol–water partition coefficient (Wildman–Crippen LogP) is 2.71. The van der Waals surface area contributed by atoms with E-state index in [1.165, 1.54) is 12.8 Å². The van der Waals surface area contributed by atoms with Gasteiger partial charge in [0.2, 0.25) is 0 Å². The Bertz CT molecular complexity index is 405. The van der Waals surface area contributed by atoms with Gasteiger partial charge in [-0.3, -0.25) is 0 Å². The van der Waals surface area contributed by atoms with Crippen LogP contribution in [0.2, 0.25) is 0 Å². The first-order valence-corrected chi connectivity index (χ1v) is 6.47. The molecule has 1 aromatic rings. The Morgan fingerprint density at radius 2 is 2.11 bits per heavy atom. The predicted molar refractivity (Wildman–Crippen MR) is 68.4 cm³/mol. The highest BCUT2D eigenvalue weighted by Gasteiger charge is 2.25. The van der Waals surface area contributed by atoms with Gasteiger partial charge in [-0.2, -0.15) is 0 Å². The van der Waals surface area contributed by atoms with E-state index < -0.39 is 11.6 Å². The lowest BCUT2D eigenvalue weighted by Gasteiger charge is -2.19. The lowest BCUT2D eigenvalue weighted by Crippen LogP contribution is -2.32. The number of hydrogen-bond donors (Lipinski definition) is 1. The number of nitrogens with zero attached hydrogens (tertiary/aromatic N) is 1. The SMILES string of the molecule is CC(NCCN(C)C1CC1)c1cccc(F)c1F. The zero-order chi connectivity index (χ0) is 13.1. The molecule has 1 aromatic carbocycles. The first-order chi connectivity index (χ1) is 8.59. The van der Waals surface area contributed by atoms with Crippen molar-refractivity contribution in [2.24, 2.45) is 0 Å². The topological polar surface area (TPSA) is 15.3 Å². The van der Waals surface area contributed by atoms with Gasteiger partial charge in [0, 0.05) is 30.7 Å². The molecule has 4 heteroatoms. The van der Waals surface area contributed by atoms with E-state index in [4.69, 9.17) is 0 Å². The minimum absolute atomic E-state index is 0.173. The van der Waals surface area contributed by atoms with Crippen LogP contribution in [0.25, 0.3) is 0 Å². The van der Waals surface area contributed by atoms with Gasteiger partial charge in [0.1, 0.15) is 0 Å². The summed E-state index contributed by atoms with van der Waals surface area (Å²) >= 11 is 0. The Morgan fingerprint density at radius 1 is 1.39 bits per heavy atom. The third-order valence-electron chi connectivity index (χ3n) is 3.53. The van der Waals surface area contributed by atoms with Gasteiger partial charge in [0.25, 0.3) is 0 Å². The summed E-state index contributed by atoms with van der Waals surface area (Å²) in [6, 6.07) is 4.87. The molecular weight excluding hydrogens is 234 g/mol. The summed E-state index contributed by atoms with van der Waals surface area (Å²) in [5, 5.41) is 3.23. The van der Waals surface area contributed by atoms with Crippen LogP contribution in [0.1, 0.15) is 31.4 Å². The van der Waals surface area contributed by atoms with E-state index in [0.717, 1.165) is 25.2 Å². The summed E-state index contributed by atoms with van der Waals surface area (Å²) in [5.41, 5.74) is 0.393. The van der Waals surface area contributed by atoms with E-state index in [2.05, 4.69) is 17.3 Å². The van der Waals surface area contributed by atoms with Gasteiger partial charge in [-0.15, -0.1) is 0 Å². The van der Waals surface area contributed by atoms with E-state index in [9.17, 15) is 8.78 Å². The van der Waals surface area contributed by atoms with E-state index in [1.807, 2.05) is 6.92 Å². The number of benzene rings is 1. The fraction of sp³-hybridized carbons (Fsp3) is 0.571. The highest BCUT2D eigenvalue weighted by atomic mass is 19.2. The van der Waals surface area contributed by atoms with Crippen molar-refractivity contribution < 1.29 is 8.78 Å². The van der Waals surface area contributed by atoms with Crippen LogP contribution in [0.5, 0.6) is 0 Å². The van der Waals surface area contributed by atoms with Gasteiger partial charge in [-0.05, 0) is 32.9 Å². The molecule has 1 aliphatic rings. The van der Waals surface area contributed by atoms with Gasteiger partial charge < -0.3 is 10.2 Å². The fourth-order valence-corrected chi connectivity index (χ4v) is 2.12. The molecule has 18 heavy (non-hydrogen) atoms. The van der Waals surface area contributed by atoms with Crippen LogP contribution in [0.4, 0.5) is 8.78 Å². The number of likely N-dealkylation sites (N-methyl/N-ethyl adjacent to an activating group) is 1. The Labute approximate surface area is 107 Å². The second kappa shape index (κ2) is 5.76. The lowest BCUT2D eigenvalue weighted by molar-refractivity contribution is 0.315. The molecule has 1 N–H and O–H groups in total. The van der Waals surface area contributed by atoms with E-state index in [-0.39, 0.29) is 6.04 Å². The smallest absolute Gasteiger partial charge is 0.163 e. The Hall–Kier alpha value is -1.00. The molecule has 2 rings (SSSR count). The molecule has 0 heterocycles. The van der Waals surface area contributed by atoms with E-state index in [0.29, 0.717) is 5.56 Å². The molecule has 0 amide bonds. The number of halogens is 2. The molecule has 1 aliphatic carbocycles. The maximum atomic E-state index is 13.6. The largest absolute Gasteiger partial charge is 0.309 e. The third kappa shape index (κ3) is 3.27. The van der Waals surface area contributed by atoms with Crippen molar-refractivity contribution in [3.63, 3.8) is 0 Å². The van der Waals surface area contributed by atoms with Crippen molar-refractivity contribution >= 4 is 0 Å². The Morgan fingerprint density at radius 3 is 2.78 bits per heavy atom. The van der Waals surface area contributed by atoms with Crippen LogP contribution < -0.4 is 5.32 Å². The van der Waals surface area contributed by atoms with Crippen molar-refractivity contribution in [2.45, 2.75) is 31.8 Å². The van der Waals surface area contributed by atoms with Gasteiger partial charge in [0.05, 0.1) is 0 Å². The third-order valence-corrected chi connectivity index (χ3v) is 3.53. The Kier molecular flexibility index (Phi) is 4.30. The molecule has 1 atom stereocenters. The van der Waals surface area contributed by atoms with Crippen LogP contribution in [-0.2, 0) is 0 Å². The van der Waals surface area contributed by atoms with Gasteiger partial charge in [-0.1, -0.05) is 12.1 Å². The van der Waals surface area contributed by atoms with Crippen molar-refractivity contribution in [3.8, 4) is 0 Å². The van der Waals surface area contributed by atoms with Crippen molar-refractivity contribution in [1.29, 1.82) is 0 Å². The molecule has 1 unspecified atom stereocenters. The van der Waals surface area contributed by atoms with Gasteiger partial charge in [-0.25, -0.2) is 8.78 Å². The summed E-state index contributed by atoms with van der Waals surface area (Å²) in [5.74, 6) is -1.52. The van der Waals surface area contributed by atoms with Crippen molar-refractivity contribution in [1.82, 2.24) is 10.2 Å². The number of nitrogens with one attached hydrogen (secondary N) is 1. The first kappa shape index (κ1) is 13.4. The summed E-state index contributed by atoms with van der Waals surface area (Å²) < 4.78 is 26.6. The number of rotatable bonds is 6. The maximum Gasteiger partial charge on any atom is 0.163 e. The van der Waals surface area contributed by atoms with Crippen molar-refractivity contribution in [2.75, 3.05) is 20.1 Å². The molecule has 0 aromatic heterocycles. The van der Waals surface area contributed by atoms with Gasteiger partial charge >= 0.3 is 0 Å². The molecule has 0 radical (unpaired) electrons. The molecular formula is C14H20F2N2. The van der Waals surface area contributed by atoms with Crippen LogP contribution in [0, 0.1) is 11.6 Å². The zero-order valence-corrected chi connectivity index (χ0v) is 10.9. The summed E-state index contributed by atoms with van der Waals surface area (Å²) in [7, 11) is 2.10. The van der Waals surface area contributed by atoms with E-state index >= 15 is 0 Å². The minimum Gasteiger partial charge on any atom is -0.309 e. The second-order valence-corrected chi connectivity index (χ2v) is 5.03. The molecule has 1 saturated carbocycles.